The SMILES string of the molecule is N#Cc1ccc(-c2nc(-c3ccc(S(=O)(=O)N4CCOCC4)cc3)no2)cc1. The molecular formula is C19H16N4O4S. The maximum Gasteiger partial charge on any atom is 0.258 e. The van der Waals surface area contributed by atoms with Crippen LogP contribution in [0.25, 0.3) is 22.8 Å². The van der Waals surface area contributed by atoms with Crippen LogP contribution >= 0.6 is 0 Å². The van der Waals surface area contributed by atoms with Gasteiger partial charge in [0, 0.05) is 24.2 Å². The van der Waals surface area contributed by atoms with Crippen LogP contribution < -0.4 is 0 Å². The van der Waals surface area contributed by atoms with Crippen molar-refractivity contribution in [1.29, 1.82) is 5.26 Å². The maximum atomic E-state index is 12.7. The van der Waals surface area contributed by atoms with Crippen molar-refractivity contribution < 1.29 is 17.7 Å². The van der Waals surface area contributed by atoms with Crippen LogP contribution in [0.1, 0.15) is 5.56 Å². The van der Waals surface area contributed by atoms with Crippen LogP contribution in [0, 0.1) is 11.3 Å². The van der Waals surface area contributed by atoms with Crippen molar-refractivity contribution in [3.63, 3.8) is 0 Å². The first-order valence-corrected chi connectivity index (χ1v) is 10.0. The molecule has 0 radical (unpaired) electrons. The molecule has 1 saturated heterocycles. The molecule has 0 aliphatic carbocycles. The third kappa shape index (κ3) is 3.53. The van der Waals surface area contributed by atoms with Gasteiger partial charge in [-0.3, -0.25) is 0 Å². The fourth-order valence-corrected chi connectivity index (χ4v) is 4.27. The van der Waals surface area contributed by atoms with Crippen LogP contribution in [0.15, 0.2) is 57.9 Å². The molecule has 0 atom stereocenters. The number of benzene rings is 2. The molecule has 0 bridgehead atoms. The summed E-state index contributed by atoms with van der Waals surface area (Å²) in [6, 6.07) is 15.2. The van der Waals surface area contributed by atoms with Crippen LogP contribution in [-0.4, -0.2) is 49.2 Å². The number of nitriles is 1. The third-order valence-corrected chi connectivity index (χ3v) is 6.32. The molecule has 0 spiro atoms. The number of rotatable bonds is 4. The zero-order valence-electron chi connectivity index (χ0n) is 14.8. The van der Waals surface area contributed by atoms with Crippen molar-refractivity contribution in [1.82, 2.24) is 14.4 Å². The summed E-state index contributed by atoms with van der Waals surface area (Å²) in [4.78, 5) is 4.57. The highest BCUT2D eigenvalue weighted by Crippen LogP contribution is 2.24. The van der Waals surface area contributed by atoms with Gasteiger partial charge in [-0.15, -0.1) is 0 Å². The summed E-state index contributed by atoms with van der Waals surface area (Å²) in [5.74, 6) is 0.680. The van der Waals surface area contributed by atoms with Crippen molar-refractivity contribution >= 4 is 10.0 Å². The Morgan fingerprint density at radius 3 is 2.25 bits per heavy atom. The second-order valence-corrected chi connectivity index (χ2v) is 8.09. The van der Waals surface area contributed by atoms with Crippen LogP contribution in [0.3, 0.4) is 0 Å². The zero-order chi connectivity index (χ0) is 19.6. The molecule has 142 valence electrons. The van der Waals surface area contributed by atoms with Crippen LogP contribution in [0.4, 0.5) is 0 Å². The Labute approximate surface area is 162 Å². The quantitative estimate of drug-likeness (QED) is 0.665. The molecule has 0 N–H and O–H groups in total. The highest BCUT2D eigenvalue weighted by molar-refractivity contribution is 7.89. The van der Waals surface area contributed by atoms with Gasteiger partial charge in [0.1, 0.15) is 0 Å². The van der Waals surface area contributed by atoms with Gasteiger partial charge in [-0.2, -0.15) is 14.6 Å². The maximum absolute atomic E-state index is 12.7. The number of hydrogen-bond acceptors (Lipinski definition) is 7. The predicted octanol–water partition coefficient (Wildman–Crippen LogP) is 2.30. The summed E-state index contributed by atoms with van der Waals surface area (Å²) in [5.41, 5.74) is 1.88. The molecule has 0 saturated carbocycles. The monoisotopic (exact) mass is 396 g/mol. The fourth-order valence-electron chi connectivity index (χ4n) is 2.86. The van der Waals surface area contributed by atoms with Crippen LogP contribution in [0.2, 0.25) is 0 Å². The largest absolute Gasteiger partial charge is 0.379 e. The van der Waals surface area contributed by atoms with E-state index >= 15 is 0 Å². The molecule has 2 aromatic carbocycles. The average Bonchev–Trinajstić information content (AvgIpc) is 3.25. The van der Waals surface area contributed by atoms with Gasteiger partial charge < -0.3 is 9.26 Å². The van der Waals surface area contributed by atoms with Crippen molar-refractivity contribution in [2.75, 3.05) is 26.3 Å². The summed E-state index contributed by atoms with van der Waals surface area (Å²) in [5, 5.41) is 12.8. The summed E-state index contributed by atoms with van der Waals surface area (Å²) < 4.78 is 37.3. The Hall–Kier alpha value is -3.06. The molecule has 3 aromatic rings. The smallest absolute Gasteiger partial charge is 0.258 e. The number of hydrogen-bond donors (Lipinski definition) is 0. The van der Waals surface area contributed by atoms with E-state index in [-0.39, 0.29) is 4.90 Å². The second kappa shape index (κ2) is 7.52. The van der Waals surface area contributed by atoms with Gasteiger partial charge in [-0.05, 0) is 48.5 Å². The summed E-state index contributed by atoms with van der Waals surface area (Å²) in [6.07, 6.45) is 0. The fraction of sp³-hybridized carbons (Fsp3) is 0.211. The number of morpholine rings is 1. The van der Waals surface area contributed by atoms with Gasteiger partial charge in [0.25, 0.3) is 5.89 Å². The lowest BCUT2D eigenvalue weighted by atomic mass is 10.1. The molecule has 1 aromatic heterocycles. The standard InChI is InChI=1S/C19H16N4O4S/c20-13-14-1-3-16(4-2-14)19-21-18(22-27-19)15-5-7-17(8-6-15)28(24,25)23-9-11-26-12-10-23/h1-8H,9-12H2. The summed E-state index contributed by atoms with van der Waals surface area (Å²) in [7, 11) is -3.54. The van der Waals surface area contributed by atoms with Gasteiger partial charge in [-0.1, -0.05) is 5.16 Å². The van der Waals surface area contributed by atoms with Gasteiger partial charge in [0.2, 0.25) is 15.8 Å². The highest BCUT2D eigenvalue weighted by Gasteiger charge is 2.26. The lowest BCUT2D eigenvalue weighted by Gasteiger charge is -2.26. The molecule has 0 unspecified atom stereocenters. The van der Waals surface area contributed by atoms with E-state index in [4.69, 9.17) is 14.5 Å². The van der Waals surface area contributed by atoms with E-state index in [9.17, 15) is 8.42 Å². The molecule has 1 aliphatic heterocycles. The summed E-state index contributed by atoms with van der Waals surface area (Å²) >= 11 is 0. The molecular weight excluding hydrogens is 380 g/mol. The summed E-state index contributed by atoms with van der Waals surface area (Å²) in [6.45, 7) is 1.50. The van der Waals surface area contributed by atoms with Crippen molar-refractivity contribution in [2.24, 2.45) is 0 Å². The molecule has 1 aliphatic rings. The molecule has 2 heterocycles. The lowest BCUT2D eigenvalue weighted by Crippen LogP contribution is -2.40. The van der Waals surface area contributed by atoms with E-state index in [0.29, 0.717) is 54.7 Å². The van der Waals surface area contributed by atoms with Gasteiger partial charge in [-0.25, -0.2) is 8.42 Å². The number of nitrogens with zero attached hydrogens (tertiary/aromatic N) is 4. The lowest BCUT2D eigenvalue weighted by molar-refractivity contribution is 0.0730. The Morgan fingerprint density at radius 2 is 1.61 bits per heavy atom. The Morgan fingerprint density at radius 1 is 0.964 bits per heavy atom. The second-order valence-electron chi connectivity index (χ2n) is 6.15. The van der Waals surface area contributed by atoms with Crippen LogP contribution in [-0.2, 0) is 14.8 Å². The van der Waals surface area contributed by atoms with Gasteiger partial charge >= 0.3 is 0 Å². The first-order chi connectivity index (χ1) is 13.6. The molecule has 4 rings (SSSR count). The number of sulfonamides is 1. The van der Waals surface area contributed by atoms with Gasteiger partial charge in [0.05, 0.1) is 29.7 Å². The Balaban J connectivity index is 1.56. The average molecular weight is 396 g/mol. The van der Waals surface area contributed by atoms with E-state index in [1.54, 1.807) is 36.4 Å². The van der Waals surface area contributed by atoms with E-state index in [2.05, 4.69) is 16.2 Å². The normalized spacial score (nSPS) is 15.2. The van der Waals surface area contributed by atoms with Crippen molar-refractivity contribution in [2.45, 2.75) is 4.90 Å². The van der Waals surface area contributed by atoms with E-state index in [1.165, 1.54) is 16.4 Å². The number of ether oxygens (including phenoxy) is 1. The molecule has 8 nitrogen and oxygen atoms in total. The van der Waals surface area contributed by atoms with Crippen molar-refractivity contribution in [3.05, 3.63) is 54.1 Å². The zero-order valence-corrected chi connectivity index (χ0v) is 15.6. The molecule has 0 amide bonds. The van der Waals surface area contributed by atoms with E-state index in [0.717, 1.165) is 0 Å². The topological polar surface area (TPSA) is 109 Å². The Bertz CT molecular complexity index is 1110. The first-order valence-electron chi connectivity index (χ1n) is 8.60. The highest BCUT2D eigenvalue weighted by atomic mass is 32.2. The van der Waals surface area contributed by atoms with Gasteiger partial charge in [0.15, 0.2) is 0 Å². The predicted molar refractivity (Wildman–Crippen MR) is 99.5 cm³/mol. The van der Waals surface area contributed by atoms with E-state index in [1.807, 2.05) is 0 Å². The molecule has 1 fully saturated rings. The minimum atomic E-state index is -3.54. The Kier molecular flexibility index (Phi) is 4.92. The van der Waals surface area contributed by atoms with Crippen molar-refractivity contribution in [3.8, 4) is 28.9 Å². The van der Waals surface area contributed by atoms with Crippen LogP contribution in [0.5, 0.6) is 0 Å². The number of aromatic nitrogens is 2. The minimum absolute atomic E-state index is 0.217. The third-order valence-electron chi connectivity index (χ3n) is 4.41. The first kappa shape index (κ1) is 18.3. The molecule has 9 heteroatoms. The minimum Gasteiger partial charge on any atom is -0.379 e. The molecule has 28 heavy (non-hydrogen) atoms. The van der Waals surface area contributed by atoms with E-state index < -0.39 is 10.0 Å².